The molecule has 0 aliphatic carbocycles. The zero-order valence-corrected chi connectivity index (χ0v) is 14.5. The molecule has 0 radical (unpaired) electrons. The van der Waals surface area contributed by atoms with E-state index in [1.165, 1.54) is 5.56 Å². The maximum Gasteiger partial charge on any atom is 0.231 e. The van der Waals surface area contributed by atoms with Crippen LogP contribution < -0.4 is 4.90 Å². The second-order valence-corrected chi connectivity index (χ2v) is 6.57. The minimum absolute atomic E-state index is 0.149. The van der Waals surface area contributed by atoms with Crippen LogP contribution in [0.25, 0.3) is 11.3 Å². The van der Waals surface area contributed by atoms with Crippen molar-refractivity contribution in [2.75, 3.05) is 11.4 Å². The fraction of sp³-hybridized carbons (Fsp3) is 0.238. The molecule has 0 fully saturated rings. The highest BCUT2D eigenvalue weighted by atomic mass is 16.5. The van der Waals surface area contributed by atoms with E-state index in [0.717, 1.165) is 46.8 Å². The summed E-state index contributed by atoms with van der Waals surface area (Å²) in [5.41, 5.74) is 6.32. The molecule has 25 heavy (non-hydrogen) atoms. The molecule has 1 aliphatic heterocycles. The maximum absolute atomic E-state index is 12.8. The van der Waals surface area contributed by atoms with Crippen LogP contribution in [-0.2, 0) is 17.6 Å². The normalized spacial score (nSPS) is 13.1. The molecule has 0 saturated carbocycles. The number of rotatable bonds is 3. The molecule has 0 N–H and O–H groups in total. The molecule has 0 bridgehead atoms. The van der Waals surface area contributed by atoms with Gasteiger partial charge in [0.1, 0.15) is 0 Å². The quantitative estimate of drug-likeness (QED) is 0.726. The van der Waals surface area contributed by atoms with E-state index in [0.29, 0.717) is 6.42 Å². The van der Waals surface area contributed by atoms with Gasteiger partial charge >= 0.3 is 0 Å². The van der Waals surface area contributed by atoms with Gasteiger partial charge in [0.15, 0.2) is 5.76 Å². The SMILES string of the molecule is Cc1cc(-c2ccc3c(c2)CCN3C(=O)Cc2ccccc2C)on1. The summed E-state index contributed by atoms with van der Waals surface area (Å²) in [7, 11) is 0. The molecule has 0 spiro atoms. The highest BCUT2D eigenvalue weighted by Gasteiger charge is 2.25. The molecule has 0 saturated heterocycles. The van der Waals surface area contributed by atoms with Gasteiger partial charge in [0, 0.05) is 23.9 Å². The lowest BCUT2D eigenvalue weighted by Crippen LogP contribution is -2.30. The number of carbonyl (C=O) groups is 1. The number of aryl methyl sites for hydroxylation is 2. The van der Waals surface area contributed by atoms with Gasteiger partial charge in [-0.15, -0.1) is 0 Å². The minimum atomic E-state index is 0.149. The van der Waals surface area contributed by atoms with Gasteiger partial charge in [0.2, 0.25) is 5.91 Å². The van der Waals surface area contributed by atoms with Crippen LogP contribution in [0.4, 0.5) is 5.69 Å². The van der Waals surface area contributed by atoms with Crippen LogP contribution in [0.2, 0.25) is 0 Å². The average Bonchev–Trinajstić information content (AvgIpc) is 3.22. The van der Waals surface area contributed by atoms with Crippen LogP contribution in [0.1, 0.15) is 22.4 Å². The van der Waals surface area contributed by atoms with Crippen molar-refractivity contribution in [1.82, 2.24) is 5.16 Å². The highest BCUT2D eigenvalue weighted by molar-refractivity contribution is 5.97. The number of benzene rings is 2. The Kier molecular flexibility index (Phi) is 3.88. The van der Waals surface area contributed by atoms with E-state index in [4.69, 9.17) is 4.52 Å². The van der Waals surface area contributed by atoms with Crippen LogP contribution >= 0.6 is 0 Å². The molecule has 1 amide bonds. The molecule has 1 aromatic heterocycles. The van der Waals surface area contributed by atoms with Crippen LogP contribution in [0.5, 0.6) is 0 Å². The van der Waals surface area contributed by atoms with Crippen LogP contribution in [0, 0.1) is 13.8 Å². The summed E-state index contributed by atoms with van der Waals surface area (Å²) < 4.78 is 5.35. The molecule has 4 heteroatoms. The molecular weight excluding hydrogens is 312 g/mol. The standard InChI is InChI=1S/C21H20N2O2/c1-14-5-3-4-6-16(14)13-21(24)23-10-9-17-12-18(7-8-19(17)23)20-11-15(2)22-25-20/h3-8,11-12H,9-10,13H2,1-2H3. The third-order valence-electron chi connectivity index (χ3n) is 4.79. The second kappa shape index (κ2) is 6.20. The highest BCUT2D eigenvalue weighted by Crippen LogP contribution is 2.33. The maximum atomic E-state index is 12.8. The Bertz CT molecular complexity index is 943. The molecular formula is C21H20N2O2. The third-order valence-corrected chi connectivity index (χ3v) is 4.79. The molecule has 126 valence electrons. The summed E-state index contributed by atoms with van der Waals surface area (Å²) in [5, 5.41) is 3.95. The first-order valence-corrected chi connectivity index (χ1v) is 8.53. The zero-order valence-electron chi connectivity index (χ0n) is 14.5. The Hall–Kier alpha value is -2.88. The van der Waals surface area contributed by atoms with Gasteiger partial charge in [0.05, 0.1) is 12.1 Å². The fourth-order valence-electron chi connectivity index (χ4n) is 3.38. The number of aromatic nitrogens is 1. The van der Waals surface area contributed by atoms with E-state index in [-0.39, 0.29) is 5.91 Å². The Morgan fingerprint density at radius 1 is 1.16 bits per heavy atom. The molecule has 4 nitrogen and oxygen atoms in total. The lowest BCUT2D eigenvalue weighted by Gasteiger charge is -2.18. The van der Waals surface area contributed by atoms with Crippen LogP contribution in [0.15, 0.2) is 53.1 Å². The Balaban J connectivity index is 1.57. The van der Waals surface area contributed by atoms with Crippen LogP contribution in [-0.4, -0.2) is 17.6 Å². The van der Waals surface area contributed by atoms with Crippen molar-refractivity contribution >= 4 is 11.6 Å². The van der Waals surface area contributed by atoms with Gasteiger partial charge in [-0.2, -0.15) is 0 Å². The molecule has 4 rings (SSSR count). The molecule has 1 aliphatic rings. The van der Waals surface area contributed by atoms with Gasteiger partial charge in [-0.05, 0) is 55.2 Å². The first-order chi connectivity index (χ1) is 12.1. The van der Waals surface area contributed by atoms with Crippen LogP contribution in [0.3, 0.4) is 0 Å². The fourth-order valence-corrected chi connectivity index (χ4v) is 3.38. The largest absolute Gasteiger partial charge is 0.356 e. The number of anilines is 1. The Morgan fingerprint density at radius 3 is 2.76 bits per heavy atom. The van der Waals surface area contributed by atoms with E-state index in [1.807, 2.05) is 61.2 Å². The van der Waals surface area contributed by atoms with Crippen molar-refractivity contribution in [1.29, 1.82) is 0 Å². The number of hydrogen-bond acceptors (Lipinski definition) is 3. The monoisotopic (exact) mass is 332 g/mol. The molecule has 0 atom stereocenters. The number of fused-ring (bicyclic) bond motifs is 1. The number of amides is 1. The van der Waals surface area contributed by atoms with Crippen molar-refractivity contribution in [2.45, 2.75) is 26.7 Å². The third kappa shape index (κ3) is 2.95. The van der Waals surface area contributed by atoms with Crippen molar-refractivity contribution in [2.24, 2.45) is 0 Å². The van der Waals surface area contributed by atoms with Crippen molar-refractivity contribution in [3.05, 3.63) is 70.9 Å². The number of nitrogens with zero attached hydrogens (tertiary/aromatic N) is 2. The molecule has 2 aromatic carbocycles. The predicted molar refractivity (Wildman–Crippen MR) is 97.6 cm³/mol. The van der Waals surface area contributed by atoms with Gasteiger partial charge < -0.3 is 9.42 Å². The van der Waals surface area contributed by atoms with Gasteiger partial charge in [0.25, 0.3) is 0 Å². The number of hydrogen-bond donors (Lipinski definition) is 0. The van der Waals surface area contributed by atoms with Gasteiger partial charge in [-0.3, -0.25) is 4.79 Å². The lowest BCUT2D eigenvalue weighted by atomic mass is 10.0. The van der Waals surface area contributed by atoms with E-state index in [1.54, 1.807) is 0 Å². The summed E-state index contributed by atoms with van der Waals surface area (Å²) in [4.78, 5) is 14.7. The second-order valence-electron chi connectivity index (χ2n) is 6.57. The zero-order chi connectivity index (χ0) is 17.4. The molecule has 0 unspecified atom stereocenters. The van der Waals surface area contributed by atoms with Crippen molar-refractivity contribution < 1.29 is 9.32 Å². The summed E-state index contributed by atoms with van der Waals surface area (Å²) in [6, 6.07) is 16.1. The van der Waals surface area contributed by atoms with Crippen molar-refractivity contribution in [3.63, 3.8) is 0 Å². The first kappa shape index (κ1) is 15.6. The Morgan fingerprint density at radius 2 is 2.00 bits per heavy atom. The van der Waals surface area contributed by atoms with E-state index >= 15 is 0 Å². The van der Waals surface area contributed by atoms with E-state index < -0.39 is 0 Å². The predicted octanol–water partition coefficient (Wildman–Crippen LogP) is 4.09. The average molecular weight is 332 g/mol. The van der Waals surface area contributed by atoms with Crippen molar-refractivity contribution in [3.8, 4) is 11.3 Å². The molecule has 3 aromatic rings. The minimum Gasteiger partial charge on any atom is -0.356 e. The van der Waals surface area contributed by atoms with E-state index in [2.05, 4.69) is 11.2 Å². The summed E-state index contributed by atoms with van der Waals surface area (Å²) >= 11 is 0. The molecule has 2 heterocycles. The summed E-state index contributed by atoms with van der Waals surface area (Å²) in [6.45, 7) is 4.69. The first-order valence-electron chi connectivity index (χ1n) is 8.53. The smallest absolute Gasteiger partial charge is 0.231 e. The summed E-state index contributed by atoms with van der Waals surface area (Å²) in [6.07, 6.45) is 1.31. The summed E-state index contributed by atoms with van der Waals surface area (Å²) in [5.74, 6) is 0.918. The topological polar surface area (TPSA) is 46.3 Å². The van der Waals surface area contributed by atoms with Gasteiger partial charge in [-0.25, -0.2) is 0 Å². The van der Waals surface area contributed by atoms with Gasteiger partial charge in [-0.1, -0.05) is 29.4 Å². The van der Waals surface area contributed by atoms with E-state index in [9.17, 15) is 4.79 Å². The Labute approximate surface area is 147 Å². The lowest BCUT2D eigenvalue weighted by molar-refractivity contribution is -0.117. The number of carbonyl (C=O) groups excluding carboxylic acids is 1.